The number of methoxy groups -OCH3 is 1. The summed E-state index contributed by atoms with van der Waals surface area (Å²) >= 11 is 0. The van der Waals surface area contributed by atoms with E-state index in [9.17, 15) is 14.7 Å². The Morgan fingerprint density at radius 1 is 1.20 bits per heavy atom. The molecule has 4 unspecified atom stereocenters. The van der Waals surface area contributed by atoms with Crippen molar-refractivity contribution in [2.24, 2.45) is 16.7 Å². The highest BCUT2D eigenvalue weighted by molar-refractivity contribution is 5.84. The van der Waals surface area contributed by atoms with Gasteiger partial charge in [-0.3, -0.25) is 9.59 Å². The van der Waals surface area contributed by atoms with E-state index in [0.29, 0.717) is 18.8 Å². The molecule has 5 nitrogen and oxygen atoms in total. The summed E-state index contributed by atoms with van der Waals surface area (Å²) in [6.45, 7) is 6.19. The number of ether oxygens (including phenoxy) is 1. The molecule has 0 spiro atoms. The second-order valence-corrected chi connectivity index (χ2v) is 10.4. The van der Waals surface area contributed by atoms with Crippen LogP contribution in [0.15, 0.2) is 30.3 Å². The Kier molecular flexibility index (Phi) is 6.91. The number of nitrogens with one attached hydrogen (secondary N) is 1. The van der Waals surface area contributed by atoms with Crippen LogP contribution >= 0.6 is 0 Å². The number of carbonyl (C=O) groups is 2. The number of hydrogen-bond acceptors (Lipinski definition) is 3. The Morgan fingerprint density at radius 3 is 2.37 bits per heavy atom. The summed E-state index contributed by atoms with van der Waals surface area (Å²) in [7, 11) is 1.64. The average molecular weight is 416 g/mol. The molecule has 2 N–H and O–H groups in total. The van der Waals surface area contributed by atoms with Gasteiger partial charge < -0.3 is 15.2 Å². The SMILES string of the molecule is COC(CC(CC1(C(=O)NC2CC2c2ccccc2)CCCC1)C(=O)O)C(C)(C)C. The van der Waals surface area contributed by atoms with Gasteiger partial charge in [0.2, 0.25) is 5.91 Å². The van der Waals surface area contributed by atoms with Crippen LogP contribution in [0.4, 0.5) is 0 Å². The minimum Gasteiger partial charge on any atom is -0.481 e. The van der Waals surface area contributed by atoms with Gasteiger partial charge in [0.1, 0.15) is 0 Å². The van der Waals surface area contributed by atoms with Crippen molar-refractivity contribution in [3.63, 3.8) is 0 Å². The van der Waals surface area contributed by atoms with Crippen molar-refractivity contribution in [1.29, 1.82) is 0 Å². The Balaban J connectivity index is 1.68. The number of carboxylic acids is 1. The molecule has 5 heteroatoms. The zero-order valence-corrected chi connectivity index (χ0v) is 18.8. The van der Waals surface area contributed by atoms with E-state index in [4.69, 9.17) is 4.74 Å². The van der Waals surface area contributed by atoms with Gasteiger partial charge in [-0.25, -0.2) is 0 Å². The van der Waals surface area contributed by atoms with Gasteiger partial charge in [-0.15, -0.1) is 0 Å². The lowest BCUT2D eigenvalue weighted by molar-refractivity contribution is -0.146. The first kappa shape index (κ1) is 22.8. The summed E-state index contributed by atoms with van der Waals surface area (Å²) < 4.78 is 5.63. The maximum Gasteiger partial charge on any atom is 0.306 e. The van der Waals surface area contributed by atoms with Crippen molar-refractivity contribution >= 4 is 11.9 Å². The topological polar surface area (TPSA) is 75.6 Å². The van der Waals surface area contributed by atoms with E-state index < -0.39 is 17.3 Å². The van der Waals surface area contributed by atoms with Crippen LogP contribution in [0.3, 0.4) is 0 Å². The molecule has 4 atom stereocenters. The fourth-order valence-electron chi connectivity index (χ4n) is 5.13. The highest BCUT2D eigenvalue weighted by atomic mass is 16.5. The molecule has 1 aromatic carbocycles. The minimum atomic E-state index is -0.825. The van der Waals surface area contributed by atoms with Crippen molar-refractivity contribution in [3.8, 4) is 0 Å². The highest BCUT2D eigenvalue weighted by Crippen LogP contribution is 2.47. The summed E-state index contributed by atoms with van der Waals surface area (Å²) in [5.74, 6) is -0.974. The van der Waals surface area contributed by atoms with Gasteiger partial charge in [0.15, 0.2) is 0 Å². The molecule has 0 aromatic heterocycles. The quantitative estimate of drug-likeness (QED) is 0.610. The lowest BCUT2D eigenvalue weighted by atomic mass is 9.73. The first-order chi connectivity index (χ1) is 14.2. The Bertz CT molecular complexity index is 733. The van der Waals surface area contributed by atoms with Gasteiger partial charge in [0, 0.05) is 19.1 Å². The van der Waals surface area contributed by atoms with Crippen molar-refractivity contribution in [1.82, 2.24) is 5.32 Å². The maximum absolute atomic E-state index is 13.4. The molecule has 2 saturated carbocycles. The largest absolute Gasteiger partial charge is 0.481 e. The summed E-state index contributed by atoms with van der Waals surface area (Å²) in [6.07, 6.45) is 5.15. The number of amides is 1. The third-order valence-electron chi connectivity index (χ3n) is 7.11. The second-order valence-electron chi connectivity index (χ2n) is 10.4. The minimum absolute atomic E-state index is 0.0550. The summed E-state index contributed by atoms with van der Waals surface area (Å²) in [5.41, 5.74) is 0.549. The normalized spacial score (nSPS) is 24.8. The third-order valence-corrected chi connectivity index (χ3v) is 7.11. The number of rotatable bonds is 9. The van der Waals surface area contributed by atoms with Crippen molar-refractivity contribution in [2.45, 2.75) is 83.8 Å². The van der Waals surface area contributed by atoms with Gasteiger partial charge in [0.25, 0.3) is 0 Å². The molecule has 0 heterocycles. The number of benzene rings is 1. The highest BCUT2D eigenvalue weighted by Gasteiger charge is 2.48. The first-order valence-electron chi connectivity index (χ1n) is 11.3. The van der Waals surface area contributed by atoms with Crippen LogP contribution < -0.4 is 5.32 Å². The monoisotopic (exact) mass is 415 g/mol. The van der Waals surface area contributed by atoms with Crippen molar-refractivity contribution in [3.05, 3.63) is 35.9 Å². The molecule has 166 valence electrons. The molecule has 0 aliphatic heterocycles. The molecule has 0 bridgehead atoms. The standard InChI is InChI=1S/C25H37NO4/c1-24(2,3)21(30-4)14-18(22(27)28)16-25(12-8-9-13-25)23(29)26-20-15-19(20)17-10-6-5-7-11-17/h5-7,10-11,18-21H,8-9,12-16H2,1-4H3,(H,26,29)(H,27,28). The van der Waals surface area contributed by atoms with E-state index in [0.717, 1.165) is 32.1 Å². The number of aliphatic carboxylic acids is 1. The summed E-state index contributed by atoms with van der Waals surface area (Å²) in [4.78, 5) is 25.5. The molecule has 3 rings (SSSR count). The van der Waals surface area contributed by atoms with E-state index >= 15 is 0 Å². The van der Waals surface area contributed by atoms with E-state index in [-0.39, 0.29) is 23.5 Å². The molecule has 2 fully saturated rings. The molecule has 0 saturated heterocycles. The second kappa shape index (κ2) is 9.09. The lowest BCUT2D eigenvalue weighted by Crippen LogP contribution is -2.43. The van der Waals surface area contributed by atoms with Gasteiger partial charge >= 0.3 is 5.97 Å². The Hall–Kier alpha value is -1.88. The van der Waals surface area contributed by atoms with E-state index in [1.165, 1.54) is 5.56 Å². The third kappa shape index (κ3) is 5.23. The maximum atomic E-state index is 13.4. The van der Waals surface area contributed by atoms with Gasteiger partial charge in [0.05, 0.1) is 17.4 Å². The fraction of sp³-hybridized carbons (Fsp3) is 0.680. The molecule has 2 aliphatic rings. The van der Waals surface area contributed by atoms with E-state index in [2.05, 4.69) is 38.2 Å². The number of carbonyl (C=O) groups excluding carboxylic acids is 1. The lowest BCUT2D eigenvalue weighted by Gasteiger charge is -2.35. The molecule has 30 heavy (non-hydrogen) atoms. The van der Waals surface area contributed by atoms with Crippen molar-refractivity contribution < 1.29 is 19.4 Å². The molecular formula is C25H37NO4. The van der Waals surface area contributed by atoms with Crippen LogP contribution in [-0.2, 0) is 14.3 Å². The molecule has 2 aliphatic carbocycles. The van der Waals surface area contributed by atoms with Crippen LogP contribution in [0.5, 0.6) is 0 Å². The van der Waals surface area contributed by atoms with E-state index in [1.807, 2.05) is 18.2 Å². The molecule has 0 radical (unpaired) electrons. The number of carboxylic acid groups (broad SMARTS) is 1. The molecule has 1 aromatic rings. The average Bonchev–Trinajstić information content (AvgIpc) is 3.29. The van der Waals surface area contributed by atoms with E-state index in [1.54, 1.807) is 7.11 Å². The van der Waals surface area contributed by atoms with Crippen LogP contribution in [-0.4, -0.2) is 36.2 Å². The molecular weight excluding hydrogens is 378 g/mol. The fourth-order valence-corrected chi connectivity index (χ4v) is 5.13. The smallest absolute Gasteiger partial charge is 0.306 e. The Morgan fingerprint density at radius 2 is 1.83 bits per heavy atom. The molecule has 1 amide bonds. The van der Waals surface area contributed by atoms with Crippen LogP contribution in [0.1, 0.15) is 77.2 Å². The summed E-state index contributed by atoms with van der Waals surface area (Å²) in [5, 5.41) is 13.2. The summed E-state index contributed by atoms with van der Waals surface area (Å²) in [6, 6.07) is 10.5. The van der Waals surface area contributed by atoms with Gasteiger partial charge in [-0.1, -0.05) is 63.9 Å². The van der Waals surface area contributed by atoms with Crippen LogP contribution in [0.2, 0.25) is 0 Å². The van der Waals surface area contributed by atoms with Crippen LogP contribution in [0, 0.1) is 16.7 Å². The zero-order chi connectivity index (χ0) is 21.9. The van der Waals surface area contributed by atoms with Gasteiger partial charge in [-0.05, 0) is 43.1 Å². The number of hydrogen-bond donors (Lipinski definition) is 2. The predicted molar refractivity (Wildman–Crippen MR) is 117 cm³/mol. The first-order valence-corrected chi connectivity index (χ1v) is 11.3. The Labute approximate surface area is 180 Å². The van der Waals surface area contributed by atoms with Crippen molar-refractivity contribution in [2.75, 3.05) is 7.11 Å². The zero-order valence-electron chi connectivity index (χ0n) is 18.8. The van der Waals surface area contributed by atoms with Gasteiger partial charge in [-0.2, -0.15) is 0 Å². The predicted octanol–water partition coefficient (Wildman–Crippen LogP) is 4.76. The van der Waals surface area contributed by atoms with Crippen LogP contribution in [0.25, 0.3) is 0 Å².